The number of aromatic nitrogens is 2. The number of hydrogen-bond donors (Lipinski definition) is 4. The summed E-state index contributed by atoms with van der Waals surface area (Å²) in [6, 6.07) is 3.73. The molecule has 27 heavy (non-hydrogen) atoms. The molecule has 0 bridgehead atoms. The van der Waals surface area contributed by atoms with Crippen molar-refractivity contribution in [3.63, 3.8) is 0 Å². The highest BCUT2D eigenvalue weighted by molar-refractivity contribution is 8.02. The highest BCUT2D eigenvalue weighted by Crippen LogP contribution is 2.40. The zero-order valence-corrected chi connectivity index (χ0v) is 16.0. The summed E-state index contributed by atoms with van der Waals surface area (Å²) >= 11 is 2.79. The van der Waals surface area contributed by atoms with E-state index >= 15 is 0 Å². The second-order valence-electron chi connectivity index (χ2n) is 6.18. The number of anilines is 1. The fourth-order valence-electron chi connectivity index (χ4n) is 2.90. The van der Waals surface area contributed by atoms with Crippen molar-refractivity contribution in [3.05, 3.63) is 23.3 Å². The Kier molecular flexibility index (Phi) is 5.13. The summed E-state index contributed by atoms with van der Waals surface area (Å²) in [7, 11) is 0.233. The second-order valence-corrected chi connectivity index (χ2v) is 8.64. The van der Waals surface area contributed by atoms with Crippen LogP contribution in [-0.4, -0.2) is 64.8 Å². The molecule has 142 valence electrons. The molecule has 1 aromatic heterocycles. The first-order valence-corrected chi connectivity index (χ1v) is 10.00. The molecule has 3 heterocycles. The molecule has 12 heteroatoms. The molecule has 0 amide bonds. The standard InChI is InChI=1S/C15H17BN4O5S2/c1-24-9-3-2-7-4-10(16(23)25-12(7)11(9)13(21)22)26-15-20-19-14(27-15)18-8-5-17-6-8/h2-3,8,10,17,23H,4-6H2,1H3,(H,18,19)(H,21,22)/t10-/m0/s1. The Bertz CT molecular complexity index is 863. The minimum Gasteiger partial charge on any atom is -0.534 e. The predicted octanol–water partition coefficient (Wildman–Crippen LogP) is 0.744. The Morgan fingerprint density at radius 1 is 1.48 bits per heavy atom. The van der Waals surface area contributed by atoms with Crippen molar-refractivity contribution < 1.29 is 24.3 Å². The van der Waals surface area contributed by atoms with Crippen molar-refractivity contribution >= 4 is 41.3 Å². The van der Waals surface area contributed by atoms with Crippen LogP contribution in [0.1, 0.15) is 15.9 Å². The fraction of sp³-hybridized carbons (Fsp3) is 0.400. The van der Waals surface area contributed by atoms with Gasteiger partial charge in [-0.1, -0.05) is 29.2 Å². The minimum atomic E-state index is -1.16. The molecule has 4 rings (SSSR count). The van der Waals surface area contributed by atoms with E-state index in [1.54, 1.807) is 12.1 Å². The van der Waals surface area contributed by atoms with Crippen molar-refractivity contribution in [2.45, 2.75) is 22.0 Å². The van der Waals surface area contributed by atoms with E-state index < -0.39 is 13.1 Å². The Morgan fingerprint density at radius 2 is 2.30 bits per heavy atom. The minimum absolute atomic E-state index is 0.0750. The number of nitrogens with zero attached hydrogens (tertiary/aromatic N) is 2. The van der Waals surface area contributed by atoms with E-state index in [-0.39, 0.29) is 22.2 Å². The highest BCUT2D eigenvalue weighted by Gasteiger charge is 2.39. The first kappa shape index (κ1) is 18.4. The Balaban J connectivity index is 1.50. The number of nitrogens with one attached hydrogen (secondary N) is 2. The maximum Gasteiger partial charge on any atom is 0.537 e. The zero-order valence-electron chi connectivity index (χ0n) is 14.3. The first-order chi connectivity index (χ1) is 13.0. The van der Waals surface area contributed by atoms with Crippen LogP contribution in [0.5, 0.6) is 11.5 Å². The van der Waals surface area contributed by atoms with E-state index in [9.17, 15) is 14.9 Å². The molecule has 1 saturated heterocycles. The van der Waals surface area contributed by atoms with Gasteiger partial charge in [0.1, 0.15) is 17.1 Å². The smallest absolute Gasteiger partial charge is 0.534 e. The monoisotopic (exact) mass is 408 g/mol. The van der Waals surface area contributed by atoms with Crippen molar-refractivity contribution in [1.82, 2.24) is 15.5 Å². The van der Waals surface area contributed by atoms with Crippen LogP contribution in [0.3, 0.4) is 0 Å². The Labute approximate surface area is 163 Å². The molecule has 2 aliphatic heterocycles. The van der Waals surface area contributed by atoms with Gasteiger partial charge in [0.15, 0.2) is 4.34 Å². The van der Waals surface area contributed by atoms with Gasteiger partial charge in [0, 0.05) is 13.1 Å². The van der Waals surface area contributed by atoms with Gasteiger partial charge in [-0.15, -0.1) is 10.2 Å². The molecule has 0 saturated carbocycles. The molecule has 2 aliphatic rings. The number of carboxylic acids is 1. The lowest BCUT2D eigenvalue weighted by Crippen LogP contribution is -2.51. The van der Waals surface area contributed by atoms with Crippen LogP contribution in [0.2, 0.25) is 0 Å². The van der Waals surface area contributed by atoms with Crippen LogP contribution in [0.25, 0.3) is 0 Å². The number of carboxylic acid groups (broad SMARTS) is 1. The summed E-state index contributed by atoms with van der Waals surface area (Å²) in [5.41, 5.74) is 0.633. The normalized spacial score (nSPS) is 19.0. The predicted molar refractivity (Wildman–Crippen MR) is 102 cm³/mol. The summed E-state index contributed by atoms with van der Waals surface area (Å²) in [6.45, 7) is 1.81. The lowest BCUT2D eigenvalue weighted by molar-refractivity contribution is 0.0690. The van der Waals surface area contributed by atoms with Crippen LogP contribution in [0.15, 0.2) is 16.5 Å². The number of carbonyl (C=O) groups is 1. The maximum atomic E-state index is 11.6. The van der Waals surface area contributed by atoms with Crippen LogP contribution in [0, 0.1) is 0 Å². The van der Waals surface area contributed by atoms with Crippen molar-refractivity contribution in [2.75, 3.05) is 25.5 Å². The van der Waals surface area contributed by atoms with E-state index in [4.69, 9.17) is 9.39 Å². The van der Waals surface area contributed by atoms with Gasteiger partial charge in [0.2, 0.25) is 5.13 Å². The maximum absolute atomic E-state index is 11.6. The Hall–Kier alpha value is -2.02. The Morgan fingerprint density at radius 3 is 2.96 bits per heavy atom. The van der Waals surface area contributed by atoms with E-state index in [1.807, 2.05) is 0 Å². The number of fused-ring (bicyclic) bond motifs is 1. The summed E-state index contributed by atoms with van der Waals surface area (Å²) in [4.78, 5) is 11.6. The van der Waals surface area contributed by atoms with E-state index in [0.29, 0.717) is 22.4 Å². The molecule has 0 unspecified atom stereocenters. The number of thioether (sulfide) groups is 1. The molecule has 2 aromatic rings. The third kappa shape index (κ3) is 3.70. The summed E-state index contributed by atoms with van der Waals surface area (Å²) in [5.74, 6) is -0.805. The number of aromatic carboxylic acids is 1. The molecule has 9 nitrogen and oxygen atoms in total. The molecule has 0 radical (unpaired) electrons. The van der Waals surface area contributed by atoms with Crippen molar-refractivity contribution in [1.29, 1.82) is 0 Å². The molecular formula is C15H17BN4O5S2. The van der Waals surface area contributed by atoms with Gasteiger partial charge in [-0.3, -0.25) is 0 Å². The number of hydrogen-bond acceptors (Lipinski definition) is 10. The van der Waals surface area contributed by atoms with Gasteiger partial charge in [-0.2, -0.15) is 0 Å². The molecule has 0 aliphatic carbocycles. The SMILES string of the molecule is COc1ccc2c(c1C(=O)O)OB(O)[C@@H](Sc1nnc(NC3CNC3)s1)C2. The molecular weight excluding hydrogens is 391 g/mol. The van der Waals surface area contributed by atoms with Gasteiger partial charge >= 0.3 is 13.1 Å². The van der Waals surface area contributed by atoms with Gasteiger partial charge in [0.05, 0.1) is 18.3 Å². The van der Waals surface area contributed by atoms with Gasteiger partial charge in [-0.25, -0.2) is 4.79 Å². The van der Waals surface area contributed by atoms with Crippen molar-refractivity contribution in [3.8, 4) is 11.5 Å². The number of ether oxygens (including phenoxy) is 1. The molecule has 4 N–H and O–H groups in total. The molecule has 1 fully saturated rings. The largest absolute Gasteiger partial charge is 0.537 e. The zero-order chi connectivity index (χ0) is 19.0. The summed E-state index contributed by atoms with van der Waals surface area (Å²) in [5, 5.41) is 35.0. The number of rotatable bonds is 6. The van der Waals surface area contributed by atoms with Crippen LogP contribution in [-0.2, 0) is 6.42 Å². The van der Waals surface area contributed by atoms with Gasteiger partial charge in [-0.05, 0) is 18.1 Å². The lowest BCUT2D eigenvalue weighted by Gasteiger charge is -2.28. The highest BCUT2D eigenvalue weighted by atomic mass is 32.2. The number of benzene rings is 1. The third-order valence-electron chi connectivity index (χ3n) is 4.38. The topological polar surface area (TPSA) is 126 Å². The van der Waals surface area contributed by atoms with Crippen molar-refractivity contribution in [2.24, 2.45) is 0 Å². The number of methoxy groups -OCH3 is 1. The quantitative estimate of drug-likeness (QED) is 0.509. The summed E-state index contributed by atoms with van der Waals surface area (Å²) < 4.78 is 11.4. The summed E-state index contributed by atoms with van der Waals surface area (Å²) in [6.07, 6.45) is 0.445. The van der Waals surface area contributed by atoms with Crippen LogP contribution >= 0.6 is 23.1 Å². The lowest BCUT2D eigenvalue weighted by atomic mass is 9.77. The van der Waals surface area contributed by atoms with Gasteiger partial charge in [0.25, 0.3) is 0 Å². The third-order valence-corrected chi connectivity index (χ3v) is 6.55. The molecule has 0 spiro atoms. The fourth-order valence-corrected chi connectivity index (χ4v) is 5.04. The van der Waals surface area contributed by atoms with E-state index in [2.05, 4.69) is 20.8 Å². The second kappa shape index (κ2) is 7.54. The molecule has 1 atom stereocenters. The average molecular weight is 408 g/mol. The van der Waals surface area contributed by atoms with E-state index in [0.717, 1.165) is 18.2 Å². The average Bonchev–Trinajstić information content (AvgIpc) is 3.05. The van der Waals surface area contributed by atoms with Crippen LogP contribution < -0.4 is 20.0 Å². The van der Waals surface area contributed by atoms with Crippen LogP contribution in [0.4, 0.5) is 5.13 Å². The van der Waals surface area contributed by atoms with E-state index in [1.165, 1.54) is 30.2 Å². The first-order valence-electron chi connectivity index (χ1n) is 8.30. The van der Waals surface area contributed by atoms with Gasteiger partial charge < -0.3 is 30.2 Å². The molecule has 1 aromatic carbocycles.